The summed E-state index contributed by atoms with van der Waals surface area (Å²) < 4.78 is 15.9. The van der Waals surface area contributed by atoms with Crippen molar-refractivity contribution in [2.24, 2.45) is 0 Å². The molecule has 1 saturated heterocycles. The average Bonchev–Trinajstić information content (AvgIpc) is 3.18. The standard InChI is InChI=1S/C20H31N3O5/c1-7-11-26-17(24)21-20(5,6)13-14-12-15(22-28-14)16-9-8-10-23(16)18(25)27-19(2,3)4/h7,12,16H,1,8-11,13H2,2-6H3,(H,21,24). The Morgan fingerprint density at radius 2 is 2.11 bits per heavy atom. The maximum Gasteiger partial charge on any atom is 0.410 e. The highest BCUT2D eigenvalue weighted by atomic mass is 16.6. The van der Waals surface area contributed by atoms with Crippen LogP contribution in [0, 0.1) is 0 Å². The van der Waals surface area contributed by atoms with Crippen LogP contribution in [0.4, 0.5) is 9.59 Å². The van der Waals surface area contributed by atoms with Crippen molar-refractivity contribution < 1.29 is 23.6 Å². The van der Waals surface area contributed by atoms with Gasteiger partial charge in [-0.05, 0) is 47.5 Å². The Bertz CT molecular complexity index is 705. The summed E-state index contributed by atoms with van der Waals surface area (Å²) in [6.45, 7) is 13.6. The topological polar surface area (TPSA) is 93.9 Å². The van der Waals surface area contributed by atoms with Crippen molar-refractivity contribution in [1.82, 2.24) is 15.4 Å². The van der Waals surface area contributed by atoms with Gasteiger partial charge in [0, 0.05) is 24.6 Å². The molecule has 0 bridgehead atoms. The molecule has 8 heteroatoms. The van der Waals surface area contributed by atoms with E-state index in [4.69, 9.17) is 14.0 Å². The molecular weight excluding hydrogens is 362 g/mol. The van der Waals surface area contributed by atoms with Crippen LogP contribution in [0.3, 0.4) is 0 Å². The fraction of sp³-hybridized carbons (Fsp3) is 0.650. The zero-order valence-corrected chi connectivity index (χ0v) is 17.4. The van der Waals surface area contributed by atoms with Crippen molar-refractivity contribution in [2.75, 3.05) is 13.2 Å². The van der Waals surface area contributed by atoms with Gasteiger partial charge in [0.1, 0.15) is 23.7 Å². The van der Waals surface area contributed by atoms with Crippen LogP contribution in [0.15, 0.2) is 23.2 Å². The molecule has 0 saturated carbocycles. The maximum absolute atomic E-state index is 12.5. The van der Waals surface area contributed by atoms with E-state index in [1.54, 1.807) is 4.90 Å². The highest BCUT2D eigenvalue weighted by Gasteiger charge is 2.35. The van der Waals surface area contributed by atoms with Crippen LogP contribution in [0.2, 0.25) is 0 Å². The molecule has 0 radical (unpaired) electrons. The minimum atomic E-state index is -0.588. The lowest BCUT2D eigenvalue weighted by atomic mass is 9.98. The number of aromatic nitrogens is 1. The number of ether oxygens (including phenoxy) is 2. The molecule has 1 aliphatic rings. The van der Waals surface area contributed by atoms with Crippen LogP contribution in [-0.2, 0) is 15.9 Å². The molecule has 1 unspecified atom stereocenters. The minimum absolute atomic E-state index is 0.149. The number of hydrogen-bond donors (Lipinski definition) is 1. The van der Waals surface area contributed by atoms with Crippen LogP contribution >= 0.6 is 0 Å². The van der Waals surface area contributed by atoms with E-state index in [1.807, 2.05) is 40.7 Å². The van der Waals surface area contributed by atoms with Gasteiger partial charge in [-0.3, -0.25) is 4.90 Å². The predicted molar refractivity (Wildman–Crippen MR) is 104 cm³/mol. The highest BCUT2D eigenvalue weighted by molar-refractivity contribution is 5.69. The van der Waals surface area contributed by atoms with Crippen LogP contribution in [0.25, 0.3) is 0 Å². The van der Waals surface area contributed by atoms with Crippen molar-refractivity contribution in [2.45, 2.75) is 71.1 Å². The van der Waals surface area contributed by atoms with Crippen LogP contribution in [-0.4, -0.2) is 46.5 Å². The SMILES string of the molecule is C=CCOC(=O)NC(C)(C)Cc1cc(C2CCCN2C(=O)OC(C)(C)C)no1. The first-order valence-corrected chi connectivity index (χ1v) is 9.52. The van der Waals surface area contributed by atoms with Gasteiger partial charge < -0.3 is 19.3 Å². The smallest absolute Gasteiger partial charge is 0.410 e. The first-order chi connectivity index (χ1) is 13.0. The van der Waals surface area contributed by atoms with Gasteiger partial charge in [0.15, 0.2) is 0 Å². The van der Waals surface area contributed by atoms with Gasteiger partial charge in [-0.1, -0.05) is 17.8 Å². The summed E-state index contributed by atoms with van der Waals surface area (Å²) in [5.74, 6) is 0.625. The molecule has 2 heterocycles. The molecule has 0 aliphatic carbocycles. The lowest BCUT2D eigenvalue weighted by Gasteiger charge is -2.27. The number of carbonyl (C=O) groups is 2. The van der Waals surface area contributed by atoms with Crippen LogP contribution < -0.4 is 5.32 Å². The molecule has 1 aromatic heterocycles. The minimum Gasteiger partial charge on any atom is -0.445 e. The highest BCUT2D eigenvalue weighted by Crippen LogP contribution is 2.33. The second-order valence-electron chi connectivity index (χ2n) is 8.62. The van der Waals surface area contributed by atoms with Crippen molar-refractivity contribution in [1.29, 1.82) is 0 Å². The number of nitrogens with zero attached hydrogens (tertiary/aromatic N) is 2. The Morgan fingerprint density at radius 3 is 2.75 bits per heavy atom. The van der Waals surface area contributed by atoms with E-state index in [0.717, 1.165) is 12.8 Å². The van der Waals surface area contributed by atoms with E-state index < -0.39 is 17.2 Å². The van der Waals surface area contributed by atoms with E-state index in [-0.39, 0.29) is 18.7 Å². The van der Waals surface area contributed by atoms with E-state index in [0.29, 0.717) is 24.4 Å². The summed E-state index contributed by atoms with van der Waals surface area (Å²) >= 11 is 0. The molecule has 1 fully saturated rings. The zero-order valence-electron chi connectivity index (χ0n) is 17.4. The largest absolute Gasteiger partial charge is 0.445 e. The second kappa shape index (κ2) is 8.67. The van der Waals surface area contributed by atoms with Gasteiger partial charge in [0.2, 0.25) is 0 Å². The van der Waals surface area contributed by atoms with Crippen molar-refractivity contribution in [3.05, 3.63) is 30.2 Å². The average molecular weight is 393 g/mol. The molecule has 1 aliphatic heterocycles. The van der Waals surface area contributed by atoms with Gasteiger partial charge in [-0.25, -0.2) is 9.59 Å². The molecular formula is C20H31N3O5. The van der Waals surface area contributed by atoms with Gasteiger partial charge >= 0.3 is 12.2 Å². The molecule has 8 nitrogen and oxygen atoms in total. The summed E-state index contributed by atoms with van der Waals surface area (Å²) in [6.07, 6.45) is 2.77. The quantitative estimate of drug-likeness (QED) is 0.735. The van der Waals surface area contributed by atoms with Crippen molar-refractivity contribution in [3.8, 4) is 0 Å². The van der Waals surface area contributed by atoms with Crippen LogP contribution in [0.5, 0.6) is 0 Å². The molecule has 156 valence electrons. The van der Waals surface area contributed by atoms with E-state index in [9.17, 15) is 9.59 Å². The third kappa shape index (κ3) is 6.28. The summed E-state index contributed by atoms with van der Waals surface area (Å²) in [5.41, 5.74) is -0.437. The van der Waals surface area contributed by atoms with E-state index in [2.05, 4.69) is 17.1 Å². The summed E-state index contributed by atoms with van der Waals surface area (Å²) in [6, 6.07) is 1.67. The molecule has 1 atom stereocenters. The molecule has 2 amide bonds. The maximum atomic E-state index is 12.5. The normalized spacial score (nSPS) is 17.3. The van der Waals surface area contributed by atoms with E-state index >= 15 is 0 Å². The molecule has 0 spiro atoms. The van der Waals surface area contributed by atoms with E-state index in [1.165, 1.54) is 6.08 Å². The van der Waals surface area contributed by atoms with Gasteiger partial charge in [-0.15, -0.1) is 0 Å². The number of nitrogens with one attached hydrogen (secondary N) is 1. The summed E-state index contributed by atoms with van der Waals surface area (Å²) in [5, 5.41) is 6.95. The zero-order chi connectivity index (χ0) is 20.9. The number of likely N-dealkylation sites (tertiary alicyclic amines) is 1. The molecule has 28 heavy (non-hydrogen) atoms. The van der Waals surface area contributed by atoms with Gasteiger partial charge in [-0.2, -0.15) is 0 Å². The fourth-order valence-electron chi connectivity index (χ4n) is 3.11. The molecule has 2 rings (SSSR count). The molecule has 1 aromatic rings. The number of amides is 2. The first-order valence-electron chi connectivity index (χ1n) is 9.52. The number of rotatable bonds is 6. The predicted octanol–water partition coefficient (Wildman–Crippen LogP) is 3.98. The van der Waals surface area contributed by atoms with Crippen LogP contribution in [0.1, 0.15) is 65.0 Å². The summed E-state index contributed by atoms with van der Waals surface area (Å²) in [4.78, 5) is 25.9. The van der Waals surface area contributed by atoms with Crippen molar-refractivity contribution >= 4 is 12.2 Å². The first kappa shape index (κ1) is 21.8. The fourth-order valence-corrected chi connectivity index (χ4v) is 3.11. The monoisotopic (exact) mass is 393 g/mol. The Hall–Kier alpha value is -2.51. The number of hydrogen-bond acceptors (Lipinski definition) is 6. The lowest BCUT2D eigenvalue weighted by Crippen LogP contribution is -2.45. The summed E-state index contributed by atoms with van der Waals surface area (Å²) in [7, 11) is 0. The lowest BCUT2D eigenvalue weighted by molar-refractivity contribution is 0.0219. The third-order valence-corrected chi connectivity index (χ3v) is 4.19. The third-order valence-electron chi connectivity index (χ3n) is 4.19. The molecule has 1 N–H and O–H groups in total. The number of alkyl carbamates (subject to hydrolysis) is 1. The molecule has 0 aromatic carbocycles. The Morgan fingerprint density at radius 1 is 1.39 bits per heavy atom. The Balaban J connectivity index is 2.01. The van der Waals surface area contributed by atoms with Gasteiger partial charge in [0.05, 0.1) is 6.04 Å². The Kier molecular flexibility index (Phi) is 6.74. The Labute approximate surface area is 166 Å². The van der Waals surface area contributed by atoms with Crippen molar-refractivity contribution in [3.63, 3.8) is 0 Å². The van der Waals surface area contributed by atoms with Gasteiger partial charge in [0.25, 0.3) is 0 Å². The second-order valence-corrected chi connectivity index (χ2v) is 8.62. The number of carbonyl (C=O) groups excluding carboxylic acids is 2.